The summed E-state index contributed by atoms with van der Waals surface area (Å²) >= 11 is 0. The molecule has 0 aromatic carbocycles. The maximum Gasteiger partial charge on any atom is 0.407 e. The van der Waals surface area contributed by atoms with Crippen molar-refractivity contribution < 1.29 is 97.2 Å². The smallest absolute Gasteiger partial charge is 0.407 e. The topological polar surface area (TPSA) is 340 Å². The molecule has 24 heteroatoms. The predicted octanol–water partition coefficient (Wildman–Crippen LogP) is 14.1. The van der Waals surface area contributed by atoms with Crippen LogP contribution in [0, 0.1) is 5.41 Å². The van der Waals surface area contributed by atoms with Crippen LogP contribution in [0.25, 0.3) is 0 Å². The fourth-order valence-corrected chi connectivity index (χ4v) is 11.6. The first-order valence-electron chi connectivity index (χ1n) is 37.6. The highest BCUT2D eigenvalue weighted by atomic mass is 16.6. The Morgan fingerprint density at radius 3 is 0.959 bits per heavy atom. The molecule has 0 aliphatic rings. The van der Waals surface area contributed by atoms with Crippen molar-refractivity contribution in [1.82, 2.24) is 20.0 Å². The van der Waals surface area contributed by atoms with Gasteiger partial charge < -0.3 is 54.5 Å². The van der Waals surface area contributed by atoms with Crippen molar-refractivity contribution >= 4 is 59.8 Å². The van der Waals surface area contributed by atoms with E-state index >= 15 is 0 Å². The Bertz CT molecular complexity index is 1940. The van der Waals surface area contributed by atoms with Crippen molar-refractivity contribution in [2.24, 2.45) is 5.41 Å². The number of nitrogens with zero attached hydrogens (tertiary/aromatic N) is 3. The zero-order valence-corrected chi connectivity index (χ0v) is 60.3. The lowest BCUT2D eigenvalue weighted by Crippen LogP contribution is -2.52. The maximum absolute atomic E-state index is 14.4. The largest absolute Gasteiger partial charge is 0.480 e. The van der Waals surface area contributed by atoms with Gasteiger partial charge in [-0.15, -0.1) is 0 Å². The lowest BCUT2D eigenvalue weighted by Gasteiger charge is -2.34. The summed E-state index contributed by atoms with van der Waals surface area (Å²) in [5, 5.41) is 50.4. The van der Waals surface area contributed by atoms with Crippen molar-refractivity contribution in [3.63, 3.8) is 0 Å². The van der Waals surface area contributed by atoms with E-state index in [4.69, 9.17) is 23.7 Å². The normalized spacial score (nSPS) is 11.8. The second-order valence-corrected chi connectivity index (χ2v) is 26.5. The number of carbonyl (C=O) groups excluding carboxylic acids is 5. The highest BCUT2D eigenvalue weighted by Gasteiger charge is 2.45. The van der Waals surface area contributed by atoms with Crippen LogP contribution in [0.3, 0.4) is 0 Å². The van der Waals surface area contributed by atoms with Gasteiger partial charge in [0.1, 0.15) is 39.1 Å². The molecule has 1 amide bonds. The molecule has 0 rings (SSSR count). The summed E-state index contributed by atoms with van der Waals surface area (Å²) in [6.45, 7) is -0.285. The molecule has 0 bridgehead atoms. The van der Waals surface area contributed by atoms with Crippen molar-refractivity contribution in [1.29, 1.82) is 0 Å². The van der Waals surface area contributed by atoms with E-state index in [1.807, 2.05) is 0 Å². The zero-order valence-electron chi connectivity index (χ0n) is 60.3. The van der Waals surface area contributed by atoms with E-state index < -0.39 is 137 Å². The van der Waals surface area contributed by atoms with Crippen LogP contribution >= 0.6 is 0 Å². The molecular formula is C73H132N4O20. The van der Waals surface area contributed by atoms with Crippen molar-refractivity contribution in [2.45, 2.75) is 316 Å². The number of carboxylic acids is 5. The quantitative estimate of drug-likeness (QED) is 0.0143. The van der Waals surface area contributed by atoms with Crippen molar-refractivity contribution in [2.75, 3.05) is 85.5 Å². The molecule has 6 N–H and O–H groups in total. The average Bonchev–Trinajstić information content (AvgIpc) is 0.854. The molecule has 0 aromatic heterocycles. The lowest BCUT2D eigenvalue weighted by atomic mass is 9.91. The Kier molecular flexibility index (Phi) is 60.1. The lowest BCUT2D eigenvalue weighted by molar-refractivity contribution is -0.180. The number of rotatable bonds is 72. The van der Waals surface area contributed by atoms with Gasteiger partial charge in [-0.2, -0.15) is 0 Å². The van der Waals surface area contributed by atoms with Gasteiger partial charge in [-0.25, -0.2) is 4.79 Å². The number of hydrogen-bond donors (Lipinski definition) is 6. The van der Waals surface area contributed by atoms with Crippen LogP contribution in [0.4, 0.5) is 4.79 Å². The zero-order chi connectivity index (χ0) is 71.8. The van der Waals surface area contributed by atoms with Gasteiger partial charge in [0.05, 0.1) is 32.8 Å². The number of amides is 1. The minimum Gasteiger partial charge on any atom is -0.480 e. The van der Waals surface area contributed by atoms with Crippen LogP contribution in [0.5, 0.6) is 0 Å². The molecule has 0 saturated heterocycles. The third kappa shape index (κ3) is 56.9. The monoisotopic (exact) mass is 1380 g/mol. The summed E-state index contributed by atoms with van der Waals surface area (Å²) in [5.74, 6) is -9.64. The first kappa shape index (κ1) is 91.4. The number of esters is 4. The summed E-state index contributed by atoms with van der Waals surface area (Å²) in [6.07, 6.45) is 43.3. The van der Waals surface area contributed by atoms with Gasteiger partial charge in [-0.1, -0.05) is 252 Å². The van der Waals surface area contributed by atoms with Gasteiger partial charge in [-0.3, -0.25) is 57.9 Å². The Hall–Kier alpha value is -5.62. The number of nitrogens with one attached hydrogen (secondary N) is 1. The molecule has 1 atom stereocenters. The number of hydrogen-bond acceptors (Lipinski definition) is 18. The molecule has 0 aliphatic heterocycles. The van der Waals surface area contributed by atoms with Crippen molar-refractivity contribution in [3.8, 4) is 0 Å². The summed E-state index contributed by atoms with van der Waals surface area (Å²) in [5.41, 5.74) is -1.98. The van der Waals surface area contributed by atoms with Crippen LogP contribution in [0.1, 0.15) is 310 Å². The minimum absolute atomic E-state index is 0.0384. The van der Waals surface area contributed by atoms with Gasteiger partial charge in [0, 0.05) is 38.9 Å². The van der Waals surface area contributed by atoms with Gasteiger partial charge in [0.25, 0.3) is 0 Å². The van der Waals surface area contributed by atoms with Crippen LogP contribution in [0.15, 0.2) is 0 Å². The molecule has 0 aromatic rings. The standard InChI is InChI=1S/C73H132N4O20/c1-4-7-10-13-16-19-22-25-28-31-34-37-40-46-67(86)95-58-73(59-96-68(87)47-41-38-35-32-29-26-23-20-17-14-11-8-5-2,60-97-69(88)48-42-39-36-33-30-27-24-21-18-15-12-9-6-3)71(91)93-52-53-94-72(92)74-49-44-43-45-62(70(89)90)77(61-76(56-65(82)83)57-66(84)85)51-50-75(54-63(78)79)55-64(80)81/h62H,4-61H2,1-3H3,(H,74,92)(H,78,79)(H,80,81)(H,82,83)(H,84,85)(H,89,90). The van der Waals surface area contributed by atoms with Crippen LogP contribution in [-0.4, -0.2) is 192 Å². The molecule has 0 aliphatic carbocycles. The molecule has 1 unspecified atom stereocenters. The third-order valence-corrected chi connectivity index (χ3v) is 17.4. The summed E-state index contributed by atoms with van der Waals surface area (Å²) in [4.78, 5) is 130. The maximum atomic E-state index is 14.4. The summed E-state index contributed by atoms with van der Waals surface area (Å²) in [6, 6.07) is -1.39. The molecule has 0 fully saturated rings. The number of carbonyl (C=O) groups is 10. The van der Waals surface area contributed by atoms with E-state index in [1.165, 1.54) is 159 Å². The second kappa shape index (κ2) is 63.8. The Morgan fingerprint density at radius 2 is 0.649 bits per heavy atom. The van der Waals surface area contributed by atoms with E-state index in [1.54, 1.807) is 0 Å². The molecule has 0 heterocycles. The van der Waals surface area contributed by atoms with Crippen LogP contribution in [-0.2, 0) is 66.8 Å². The van der Waals surface area contributed by atoms with Crippen LogP contribution in [0.2, 0.25) is 0 Å². The Balaban J connectivity index is 6.12. The highest BCUT2D eigenvalue weighted by molar-refractivity contribution is 5.80. The fourth-order valence-electron chi connectivity index (χ4n) is 11.6. The molecule has 0 spiro atoms. The van der Waals surface area contributed by atoms with E-state index in [0.717, 1.165) is 86.8 Å². The number of carboxylic acid groups (broad SMARTS) is 5. The van der Waals surface area contributed by atoms with Gasteiger partial charge in [-0.05, 0) is 38.5 Å². The molecule has 24 nitrogen and oxygen atoms in total. The first-order valence-corrected chi connectivity index (χ1v) is 37.6. The van der Waals surface area contributed by atoms with Crippen molar-refractivity contribution in [3.05, 3.63) is 0 Å². The molecule has 0 saturated carbocycles. The fraction of sp³-hybridized carbons (Fsp3) is 0.863. The van der Waals surface area contributed by atoms with E-state index in [0.29, 0.717) is 19.3 Å². The van der Waals surface area contributed by atoms with E-state index in [-0.39, 0.29) is 58.2 Å². The third-order valence-electron chi connectivity index (χ3n) is 17.4. The van der Waals surface area contributed by atoms with E-state index in [2.05, 4.69) is 26.1 Å². The molecule has 97 heavy (non-hydrogen) atoms. The molecular weight excluding hydrogens is 1250 g/mol. The van der Waals surface area contributed by atoms with Gasteiger partial charge in [0.15, 0.2) is 5.41 Å². The van der Waals surface area contributed by atoms with Gasteiger partial charge >= 0.3 is 59.8 Å². The number of aliphatic carboxylic acids is 5. The minimum atomic E-state index is -1.98. The molecule has 0 radical (unpaired) electrons. The number of ether oxygens (including phenoxy) is 5. The van der Waals surface area contributed by atoms with Gasteiger partial charge in [0.2, 0.25) is 0 Å². The Labute approximate surface area is 581 Å². The first-order chi connectivity index (χ1) is 46.8. The van der Waals surface area contributed by atoms with E-state index in [9.17, 15) is 73.5 Å². The Morgan fingerprint density at radius 1 is 0.351 bits per heavy atom. The highest BCUT2D eigenvalue weighted by Crippen LogP contribution is 2.25. The molecule has 564 valence electrons. The number of alkyl carbamates (subject to hydrolysis) is 1. The number of unbranched alkanes of at least 4 members (excludes halogenated alkanes) is 37. The van der Waals surface area contributed by atoms with Crippen LogP contribution < -0.4 is 5.32 Å². The SMILES string of the molecule is CCCCCCCCCCCCCCCC(=O)OCC(COC(=O)CCCCCCCCCCCCCCC)(COC(=O)CCCCCCCCCCCCCCC)C(=O)OCCOC(=O)NCCCCC(C(=O)O)N(CCN(CC(=O)O)CC(=O)O)CN(CC(=O)O)CC(=O)O. The summed E-state index contributed by atoms with van der Waals surface area (Å²) in [7, 11) is 0. The average molecular weight is 1390 g/mol. The predicted molar refractivity (Wildman–Crippen MR) is 372 cm³/mol. The summed E-state index contributed by atoms with van der Waals surface area (Å²) < 4.78 is 28.2. The second-order valence-electron chi connectivity index (χ2n) is 26.5.